The SMILES string of the molecule is OCCn1cc(Nc2ncc(Cl)c(N[C@H](CO)c3cccc(F)c3)n2)cn1. The first kappa shape index (κ1) is 19.0. The van der Waals surface area contributed by atoms with E-state index >= 15 is 0 Å². The lowest BCUT2D eigenvalue weighted by Crippen LogP contribution is -2.16. The van der Waals surface area contributed by atoms with Gasteiger partial charge in [-0.1, -0.05) is 23.7 Å². The molecule has 10 heteroatoms. The van der Waals surface area contributed by atoms with Crippen molar-refractivity contribution in [1.29, 1.82) is 0 Å². The maximum atomic E-state index is 13.5. The Kier molecular flexibility index (Phi) is 6.17. The Morgan fingerprint density at radius 1 is 1.26 bits per heavy atom. The molecule has 0 fully saturated rings. The highest BCUT2D eigenvalue weighted by molar-refractivity contribution is 6.32. The average Bonchev–Trinajstić information content (AvgIpc) is 3.09. The summed E-state index contributed by atoms with van der Waals surface area (Å²) in [4.78, 5) is 8.41. The first-order valence-electron chi connectivity index (χ1n) is 8.15. The lowest BCUT2D eigenvalue weighted by molar-refractivity contribution is 0.269. The zero-order chi connectivity index (χ0) is 19.2. The van der Waals surface area contributed by atoms with Crippen molar-refractivity contribution in [1.82, 2.24) is 19.7 Å². The van der Waals surface area contributed by atoms with Crippen LogP contribution in [0.3, 0.4) is 0 Å². The molecular weight excluding hydrogens is 375 g/mol. The van der Waals surface area contributed by atoms with Crippen molar-refractivity contribution >= 4 is 29.1 Å². The van der Waals surface area contributed by atoms with Crippen LogP contribution in [0, 0.1) is 5.82 Å². The van der Waals surface area contributed by atoms with Gasteiger partial charge < -0.3 is 20.8 Å². The topological polar surface area (TPSA) is 108 Å². The minimum Gasteiger partial charge on any atom is -0.394 e. The molecule has 3 rings (SSSR count). The molecule has 0 amide bonds. The number of aliphatic hydroxyl groups excluding tert-OH is 2. The molecule has 142 valence electrons. The molecule has 0 bridgehead atoms. The maximum Gasteiger partial charge on any atom is 0.229 e. The molecule has 2 aromatic heterocycles. The van der Waals surface area contributed by atoms with Gasteiger partial charge in [-0.3, -0.25) is 4.68 Å². The predicted octanol–water partition coefficient (Wildman–Crippen LogP) is 2.35. The summed E-state index contributed by atoms with van der Waals surface area (Å²) >= 11 is 6.15. The maximum absolute atomic E-state index is 13.5. The molecule has 0 aliphatic rings. The molecule has 3 aromatic rings. The average molecular weight is 393 g/mol. The molecule has 27 heavy (non-hydrogen) atoms. The zero-order valence-corrected chi connectivity index (χ0v) is 14.9. The fraction of sp³-hybridized carbons (Fsp3) is 0.235. The van der Waals surface area contributed by atoms with E-state index in [1.165, 1.54) is 18.3 Å². The monoisotopic (exact) mass is 392 g/mol. The van der Waals surface area contributed by atoms with E-state index in [0.29, 0.717) is 23.6 Å². The highest BCUT2D eigenvalue weighted by Gasteiger charge is 2.15. The highest BCUT2D eigenvalue weighted by Crippen LogP contribution is 2.26. The van der Waals surface area contributed by atoms with Gasteiger partial charge in [0, 0.05) is 6.20 Å². The third-order valence-corrected chi connectivity index (χ3v) is 3.98. The Hall–Kier alpha value is -2.75. The van der Waals surface area contributed by atoms with Crippen molar-refractivity contribution < 1.29 is 14.6 Å². The summed E-state index contributed by atoms with van der Waals surface area (Å²) in [5.41, 5.74) is 1.20. The second-order valence-electron chi connectivity index (χ2n) is 5.67. The van der Waals surface area contributed by atoms with Gasteiger partial charge in [-0.25, -0.2) is 9.37 Å². The van der Waals surface area contributed by atoms with Gasteiger partial charge in [-0.15, -0.1) is 0 Å². The van der Waals surface area contributed by atoms with E-state index in [1.807, 2.05) is 0 Å². The van der Waals surface area contributed by atoms with Gasteiger partial charge in [0.15, 0.2) is 5.82 Å². The van der Waals surface area contributed by atoms with E-state index in [1.54, 1.807) is 29.2 Å². The molecule has 1 aromatic carbocycles. The fourth-order valence-corrected chi connectivity index (χ4v) is 2.58. The van der Waals surface area contributed by atoms with Crippen LogP contribution in [-0.2, 0) is 6.54 Å². The molecule has 2 heterocycles. The van der Waals surface area contributed by atoms with Crippen molar-refractivity contribution in [2.45, 2.75) is 12.6 Å². The van der Waals surface area contributed by atoms with Gasteiger partial charge in [0.2, 0.25) is 5.95 Å². The van der Waals surface area contributed by atoms with E-state index in [4.69, 9.17) is 16.7 Å². The van der Waals surface area contributed by atoms with Gasteiger partial charge in [-0.05, 0) is 17.7 Å². The fourth-order valence-electron chi connectivity index (χ4n) is 2.43. The molecule has 0 spiro atoms. The first-order chi connectivity index (χ1) is 13.1. The number of halogens is 2. The number of benzene rings is 1. The van der Waals surface area contributed by atoms with E-state index in [2.05, 4.69) is 25.7 Å². The lowest BCUT2D eigenvalue weighted by Gasteiger charge is -2.18. The smallest absolute Gasteiger partial charge is 0.229 e. The number of anilines is 3. The number of nitrogens with one attached hydrogen (secondary N) is 2. The molecule has 0 saturated carbocycles. The second kappa shape index (κ2) is 8.76. The van der Waals surface area contributed by atoms with Crippen LogP contribution >= 0.6 is 11.6 Å². The summed E-state index contributed by atoms with van der Waals surface area (Å²) in [6.07, 6.45) is 4.69. The number of aromatic nitrogens is 4. The van der Waals surface area contributed by atoms with Crippen LogP contribution in [0.1, 0.15) is 11.6 Å². The van der Waals surface area contributed by atoms with E-state index < -0.39 is 11.9 Å². The summed E-state index contributed by atoms with van der Waals surface area (Å²) in [6, 6.07) is 5.33. The van der Waals surface area contributed by atoms with Gasteiger partial charge in [0.1, 0.15) is 10.8 Å². The van der Waals surface area contributed by atoms with Crippen LogP contribution in [-0.4, -0.2) is 43.2 Å². The van der Waals surface area contributed by atoms with Gasteiger partial charge in [0.25, 0.3) is 0 Å². The van der Waals surface area contributed by atoms with Crippen molar-refractivity contribution in [2.24, 2.45) is 0 Å². The third-order valence-electron chi connectivity index (χ3n) is 3.71. The minimum atomic E-state index is -0.590. The molecule has 8 nitrogen and oxygen atoms in total. The molecule has 4 N–H and O–H groups in total. The van der Waals surface area contributed by atoms with Crippen molar-refractivity contribution in [3.8, 4) is 0 Å². The summed E-state index contributed by atoms with van der Waals surface area (Å²) in [5, 5.41) is 28.9. The normalized spacial score (nSPS) is 12.0. The molecule has 0 saturated heterocycles. The number of aliphatic hydroxyl groups is 2. The van der Waals surface area contributed by atoms with Crippen molar-refractivity contribution in [3.63, 3.8) is 0 Å². The Morgan fingerprint density at radius 2 is 2.11 bits per heavy atom. The van der Waals surface area contributed by atoms with E-state index in [0.717, 1.165) is 0 Å². The number of nitrogens with zero attached hydrogens (tertiary/aromatic N) is 4. The molecular formula is C17H18ClFN6O2. The first-order valence-corrected chi connectivity index (χ1v) is 8.52. The van der Waals surface area contributed by atoms with Gasteiger partial charge >= 0.3 is 0 Å². The zero-order valence-electron chi connectivity index (χ0n) is 14.2. The van der Waals surface area contributed by atoms with Crippen molar-refractivity contribution in [2.75, 3.05) is 23.8 Å². The molecule has 0 aliphatic heterocycles. The minimum absolute atomic E-state index is 0.0186. The Balaban J connectivity index is 1.77. The second-order valence-corrected chi connectivity index (χ2v) is 6.07. The van der Waals surface area contributed by atoms with Crippen LogP contribution in [0.15, 0.2) is 42.9 Å². The van der Waals surface area contributed by atoms with E-state index in [-0.39, 0.29) is 24.2 Å². The number of rotatable bonds is 8. The summed E-state index contributed by atoms with van der Waals surface area (Å²) in [5.74, 6) is 0.158. The highest BCUT2D eigenvalue weighted by atomic mass is 35.5. The quantitative estimate of drug-likeness (QED) is 0.466. The number of hydrogen-bond donors (Lipinski definition) is 4. The predicted molar refractivity (Wildman–Crippen MR) is 99.5 cm³/mol. The number of hydrogen-bond acceptors (Lipinski definition) is 7. The van der Waals surface area contributed by atoms with Crippen LogP contribution < -0.4 is 10.6 Å². The largest absolute Gasteiger partial charge is 0.394 e. The summed E-state index contributed by atoms with van der Waals surface area (Å²) in [7, 11) is 0. The Labute approximate surface area is 159 Å². The molecule has 0 radical (unpaired) electrons. The molecule has 1 atom stereocenters. The van der Waals surface area contributed by atoms with Crippen molar-refractivity contribution in [3.05, 3.63) is 59.3 Å². The van der Waals surface area contributed by atoms with Crippen LogP contribution in [0.5, 0.6) is 0 Å². The van der Waals surface area contributed by atoms with Crippen LogP contribution in [0.4, 0.5) is 21.8 Å². The lowest BCUT2D eigenvalue weighted by atomic mass is 10.1. The summed E-state index contributed by atoms with van der Waals surface area (Å²) < 4.78 is 15.0. The van der Waals surface area contributed by atoms with Crippen LogP contribution in [0.25, 0.3) is 0 Å². The Bertz CT molecular complexity index is 907. The third kappa shape index (κ3) is 4.91. The molecule has 0 unspecified atom stereocenters. The molecule has 0 aliphatic carbocycles. The standard InChI is InChI=1S/C17H18ClFN6O2/c18-14-8-20-17(22-13-7-21-25(9-13)4-5-26)24-16(14)23-15(10-27)11-2-1-3-12(19)6-11/h1-3,6-9,15,26-27H,4-5,10H2,(H2,20,22,23,24)/t15-/m1/s1. The summed E-state index contributed by atoms with van der Waals surface area (Å²) in [6.45, 7) is 0.0809. The van der Waals surface area contributed by atoms with Gasteiger partial charge in [0.05, 0.1) is 43.9 Å². The van der Waals surface area contributed by atoms with Crippen LogP contribution in [0.2, 0.25) is 5.02 Å². The Morgan fingerprint density at radius 3 is 2.85 bits per heavy atom. The van der Waals surface area contributed by atoms with Gasteiger partial charge in [-0.2, -0.15) is 10.1 Å². The van der Waals surface area contributed by atoms with E-state index in [9.17, 15) is 9.50 Å².